The van der Waals surface area contributed by atoms with Gasteiger partial charge in [0.05, 0.1) is 23.0 Å². The Morgan fingerprint density at radius 3 is 2.66 bits per heavy atom. The predicted octanol–water partition coefficient (Wildman–Crippen LogP) is 4.62. The second kappa shape index (κ2) is 6.05. The summed E-state index contributed by atoms with van der Waals surface area (Å²) >= 11 is 0. The van der Waals surface area contributed by atoms with Crippen molar-refractivity contribution in [2.75, 3.05) is 5.32 Å². The van der Waals surface area contributed by atoms with Gasteiger partial charge >= 0.3 is 0 Å². The molecule has 0 radical (unpaired) electrons. The number of fused-ring (bicyclic) bond motifs is 1. The zero-order chi connectivity index (χ0) is 20.4. The summed E-state index contributed by atoms with van der Waals surface area (Å²) in [7, 11) is 0. The molecule has 2 fully saturated rings. The van der Waals surface area contributed by atoms with E-state index in [0.717, 1.165) is 28.8 Å². The first-order chi connectivity index (χ1) is 13.8. The molecule has 3 aromatic rings. The van der Waals surface area contributed by atoms with Gasteiger partial charge < -0.3 is 11.1 Å². The van der Waals surface area contributed by atoms with E-state index in [1.807, 2.05) is 12.3 Å². The van der Waals surface area contributed by atoms with E-state index in [9.17, 15) is 9.18 Å². The Kier molecular flexibility index (Phi) is 3.79. The molecule has 0 bridgehead atoms. The van der Waals surface area contributed by atoms with Crippen LogP contribution in [0.4, 0.5) is 10.1 Å². The molecule has 5 nitrogen and oxygen atoms in total. The molecule has 1 aromatic carbocycles. The van der Waals surface area contributed by atoms with Crippen LogP contribution in [0.2, 0.25) is 0 Å². The Hall–Kier alpha value is -2.89. The van der Waals surface area contributed by atoms with Gasteiger partial charge in [-0.05, 0) is 53.9 Å². The van der Waals surface area contributed by atoms with Crippen LogP contribution < -0.4 is 11.1 Å². The van der Waals surface area contributed by atoms with Crippen molar-refractivity contribution in [2.24, 2.45) is 16.6 Å². The molecule has 2 heterocycles. The maximum absolute atomic E-state index is 13.3. The number of aromatic nitrogens is 2. The second-order valence-electron chi connectivity index (χ2n) is 9.16. The minimum atomic E-state index is -0.493. The summed E-state index contributed by atoms with van der Waals surface area (Å²) in [4.78, 5) is 12.1. The van der Waals surface area contributed by atoms with E-state index in [2.05, 4.69) is 24.3 Å². The van der Waals surface area contributed by atoms with Gasteiger partial charge in [0, 0.05) is 17.8 Å². The smallest absolute Gasteiger partial charge is 0.252 e. The minimum absolute atomic E-state index is 0.271. The van der Waals surface area contributed by atoms with E-state index in [4.69, 9.17) is 5.73 Å². The second-order valence-corrected chi connectivity index (χ2v) is 9.16. The molecule has 0 saturated heterocycles. The third-order valence-electron chi connectivity index (χ3n) is 7.25. The summed E-state index contributed by atoms with van der Waals surface area (Å²) in [5.74, 6) is -0.764. The zero-order valence-electron chi connectivity index (χ0n) is 16.7. The quantitative estimate of drug-likeness (QED) is 0.680. The number of amides is 1. The molecule has 1 unspecified atom stereocenters. The van der Waals surface area contributed by atoms with Crippen LogP contribution in [-0.4, -0.2) is 21.6 Å². The van der Waals surface area contributed by atoms with Crippen LogP contribution in [-0.2, 0) is 0 Å². The van der Waals surface area contributed by atoms with E-state index in [1.54, 1.807) is 16.6 Å². The summed E-state index contributed by atoms with van der Waals surface area (Å²) < 4.78 is 15.0. The van der Waals surface area contributed by atoms with Crippen LogP contribution in [0.25, 0.3) is 16.6 Å². The highest BCUT2D eigenvalue weighted by molar-refractivity contribution is 6.02. The number of primary amides is 1. The topological polar surface area (TPSA) is 72.4 Å². The van der Waals surface area contributed by atoms with Gasteiger partial charge in [-0.2, -0.15) is 5.10 Å². The lowest BCUT2D eigenvalue weighted by Crippen LogP contribution is -2.26. The summed E-state index contributed by atoms with van der Waals surface area (Å²) in [6.45, 7) is 4.70. The monoisotopic (exact) mass is 392 g/mol. The van der Waals surface area contributed by atoms with Gasteiger partial charge in [-0.15, -0.1) is 0 Å². The van der Waals surface area contributed by atoms with Crippen LogP contribution >= 0.6 is 0 Å². The summed E-state index contributed by atoms with van der Waals surface area (Å²) in [5.41, 5.74) is 9.99. The van der Waals surface area contributed by atoms with Crippen molar-refractivity contribution in [1.82, 2.24) is 9.61 Å². The molecule has 0 aliphatic heterocycles. The van der Waals surface area contributed by atoms with Gasteiger partial charge in [-0.1, -0.05) is 32.4 Å². The highest BCUT2D eigenvalue weighted by Gasteiger charge is 2.64. The van der Waals surface area contributed by atoms with Crippen molar-refractivity contribution in [2.45, 2.75) is 45.6 Å². The van der Waals surface area contributed by atoms with E-state index in [-0.39, 0.29) is 11.2 Å². The Balaban J connectivity index is 1.57. The fourth-order valence-corrected chi connectivity index (χ4v) is 5.32. The van der Waals surface area contributed by atoms with Crippen molar-refractivity contribution in [3.05, 3.63) is 54.1 Å². The van der Waals surface area contributed by atoms with Crippen molar-refractivity contribution in [3.8, 4) is 11.1 Å². The standard InChI is InChI=1S/C23H25FN4O/c1-22(2)8-3-9-23(22)11-19(23)27-20-17(21(25)29)12-26-28-13-15(10-18(20)28)14-4-6-16(24)7-5-14/h4-7,10,12-13,19,27H,3,8-9,11H2,1-2H3,(H2,25,29)/t19-,23?/m0/s1. The molecule has 1 amide bonds. The van der Waals surface area contributed by atoms with Gasteiger partial charge in [0.15, 0.2) is 0 Å². The number of rotatable bonds is 4. The van der Waals surface area contributed by atoms with Gasteiger partial charge in [-0.3, -0.25) is 4.79 Å². The Labute approximate surface area is 169 Å². The molecule has 1 spiro atoms. The van der Waals surface area contributed by atoms with Crippen LogP contribution in [0.15, 0.2) is 42.7 Å². The van der Waals surface area contributed by atoms with Gasteiger partial charge in [0.1, 0.15) is 5.82 Å². The third kappa shape index (κ3) is 2.73. The third-order valence-corrected chi connectivity index (χ3v) is 7.25. The summed E-state index contributed by atoms with van der Waals surface area (Å²) in [5, 5.41) is 8.02. The highest BCUT2D eigenvalue weighted by atomic mass is 19.1. The number of halogens is 1. The maximum Gasteiger partial charge on any atom is 0.252 e. The summed E-state index contributed by atoms with van der Waals surface area (Å²) in [6, 6.07) is 8.66. The number of nitrogens with two attached hydrogens (primary N) is 1. The number of carbonyl (C=O) groups is 1. The van der Waals surface area contributed by atoms with Crippen molar-refractivity contribution in [3.63, 3.8) is 0 Å². The molecule has 150 valence electrons. The Morgan fingerprint density at radius 2 is 2.00 bits per heavy atom. The zero-order valence-corrected chi connectivity index (χ0v) is 16.7. The largest absolute Gasteiger partial charge is 0.379 e. The van der Waals surface area contributed by atoms with Crippen molar-refractivity contribution < 1.29 is 9.18 Å². The van der Waals surface area contributed by atoms with Crippen LogP contribution in [0.5, 0.6) is 0 Å². The summed E-state index contributed by atoms with van der Waals surface area (Å²) in [6.07, 6.45) is 8.23. The number of hydrogen-bond donors (Lipinski definition) is 2. The number of nitrogens with one attached hydrogen (secondary N) is 1. The SMILES string of the molecule is CC1(C)CCCC12C[C@@H]2Nc1c(C(N)=O)cnn2cc(-c3ccc(F)cc3)cc12. The van der Waals surface area contributed by atoms with E-state index in [0.29, 0.717) is 17.0 Å². The molecular weight excluding hydrogens is 367 g/mol. The lowest BCUT2D eigenvalue weighted by Gasteiger charge is -2.28. The Morgan fingerprint density at radius 1 is 1.24 bits per heavy atom. The molecule has 2 aromatic heterocycles. The van der Waals surface area contributed by atoms with Crippen LogP contribution in [0.3, 0.4) is 0 Å². The Bertz CT molecular complexity index is 1120. The molecule has 6 heteroatoms. The van der Waals surface area contributed by atoms with Crippen LogP contribution in [0, 0.1) is 16.6 Å². The molecule has 2 atom stereocenters. The number of benzene rings is 1. The van der Waals surface area contributed by atoms with E-state index < -0.39 is 5.91 Å². The lowest BCUT2D eigenvalue weighted by atomic mass is 9.78. The molecule has 3 N–H and O–H groups in total. The molecular formula is C23H25FN4O. The van der Waals surface area contributed by atoms with Crippen molar-refractivity contribution >= 4 is 17.1 Å². The lowest BCUT2D eigenvalue weighted by molar-refractivity contribution is 0.100. The van der Waals surface area contributed by atoms with Gasteiger partial charge in [-0.25, -0.2) is 8.91 Å². The number of hydrogen-bond acceptors (Lipinski definition) is 3. The molecule has 29 heavy (non-hydrogen) atoms. The minimum Gasteiger partial charge on any atom is -0.379 e. The number of nitrogens with zero attached hydrogens (tertiary/aromatic N) is 2. The fourth-order valence-electron chi connectivity index (χ4n) is 5.32. The van der Waals surface area contributed by atoms with E-state index in [1.165, 1.54) is 37.6 Å². The molecule has 5 rings (SSSR count). The average Bonchev–Trinajstić information content (AvgIpc) is 3.05. The number of carbonyl (C=O) groups excluding carboxylic acids is 1. The normalized spacial score (nSPS) is 24.9. The first-order valence-electron chi connectivity index (χ1n) is 10.1. The molecule has 2 aliphatic rings. The van der Waals surface area contributed by atoms with Crippen LogP contribution in [0.1, 0.15) is 49.9 Å². The predicted molar refractivity (Wildman–Crippen MR) is 111 cm³/mol. The first kappa shape index (κ1) is 18.2. The van der Waals surface area contributed by atoms with Gasteiger partial charge in [0.25, 0.3) is 5.91 Å². The average molecular weight is 392 g/mol. The van der Waals surface area contributed by atoms with E-state index >= 15 is 0 Å². The molecule has 2 saturated carbocycles. The fraction of sp³-hybridized carbons (Fsp3) is 0.391. The highest BCUT2D eigenvalue weighted by Crippen LogP contribution is 2.68. The van der Waals surface area contributed by atoms with Gasteiger partial charge in [0.2, 0.25) is 0 Å². The molecule has 2 aliphatic carbocycles. The number of anilines is 1. The van der Waals surface area contributed by atoms with Crippen molar-refractivity contribution in [1.29, 1.82) is 0 Å². The first-order valence-corrected chi connectivity index (χ1v) is 10.1. The maximum atomic E-state index is 13.3.